The van der Waals surface area contributed by atoms with Crippen molar-refractivity contribution in [3.63, 3.8) is 0 Å². The molecule has 11 heteroatoms. The molecule has 0 radical (unpaired) electrons. The van der Waals surface area contributed by atoms with Gasteiger partial charge >= 0.3 is 5.97 Å². The van der Waals surface area contributed by atoms with E-state index < -0.39 is 33.8 Å². The number of carbonyl (C=O) groups excluding carboxylic acids is 2. The van der Waals surface area contributed by atoms with E-state index in [1.54, 1.807) is 18.2 Å². The smallest absolute Gasteiger partial charge is 0.349 e. The average molecular weight is 493 g/mol. The molecule has 1 saturated heterocycles. The molecule has 1 N–H and O–H groups in total. The van der Waals surface area contributed by atoms with E-state index >= 15 is 0 Å². The quantitative estimate of drug-likeness (QED) is 0.530. The number of halogens is 1. The Balaban J connectivity index is 1.42. The Morgan fingerprint density at radius 3 is 2.61 bits per heavy atom. The molecule has 8 nitrogen and oxygen atoms in total. The van der Waals surface area contributed by atoms with Crippen molar-refractivity contribution in [2.24, 2.45) is 0 Å². The van der Waals surface area contributed by atoms with Crippen molar-refractivity contribution in [1.29, 1.82) is 0 Å². The summed E-state index contributed by atoms with van der Waals surface area (Å²) in [6.07, 6.45) is -1.16. The van der Waals surface area contributed by atoms with Crippen molar-refractivity contribution < 1.29 is 31.9 Å². The number of hydrogen-bond acceptors (Lipinski definition) is 7. The highest BCUT2D eigenvalue weighted by molar-refractivity contribution is 7.89. The van der Waals surface area contributed by atoms with Gasteiger partial charge in [0, 0.05) is 28.9 Å². The largest absolute Gasteiger partial charge is 0.448 e. The zero-order valence-corrected chi connectivity index (χ0v) is 19.2. The molecule has 174 valence electrons. The molecule has 2 heterocycles. The van der Waals surface area contributed by atoms with Gasteiger partial charge in [-0.05, 0) is 43.3 Å². The van der Waals surface area contributed by atoms with E-state index in [2.05, 4.69) is 5.32 Å². The first-order chi connectivity index (χ1) is 15.8. The fourth-order valence-corrected chi connectivity index (χ4v) is 5.72. The maximum absolute atomic E-state index is 13.9. The summed E-state index contributed by atoms with van der Waals surface area (Å²) >= 11 is 1.07. The van der Waals surface area contributed by atoms with Crippen molar-refractivity contribution in [3.8, 4) is 0 Å². The molecule has 4 rings (SSSR count). The Morgan fingerprint density at radius 2 is 1.88 bits per heavy atom. The highest BCUT2D eigenvalue weighted by Gasteiger charge is 2.27. The summed E-state index contributed by atoms with van der Waals surface area (Å²) in [5.41, 5.74) is 0.251. The molecule has 2 aromatic carbocycles. The second kappa shape index (κ2) is 9.56. The first kappa shape index (κ1) is 23.3. The summed E-state index contributed by atoms with van der Waals surface area (Å²) in [6.45, 7) is 2.56. The monoisotopic (exact) mass is 492 g/mol. The number of rotatable bonds is 6. The lowest BCUT2D eigenvalue weighted by Crippen LogP contribution is -2.40. The molecule has 3 aromatic rings. The van der Waals surface area contributed by atoms with Crippen LogP contribution in [0.15, 0.2) is 53.4 Å². The van der Waals surface area contributed by atoms with Gasteiger partial charge in [0.05, 0.1) is 18.1 Å². The maximum Gasteiger partial charge on any atom is 0.349 e. The van der Waals surface area contributed by atoms with Gasteiger partial charge in [0.1, 0.15) is 10.7 Å². The molecule has 0 spiro atoms. The number of nitrogens with one attached hydrogen (secondary N) is 1. The third kappa shape index (κ3) is 5.06. The van der Waals surface area contributed by atoms with Crippen molar-refractivity contribution >= 4 is 49.0 Å². The van der Waals surface area contributed by atoms with Crippen molar-refractivity contribution in [3.05, 3.63) is 59.2 Å². The van der Waals surface area contributed by atoms with Gasteiger partial charge in [-0.3, -0.25) is 4.79 Å². The molecule has 33 heavy (non-hydrogen) atoms. The third-order valence-electron chi connectivity index (χ3n) is 5.07. The van der Waals surface area contributed by atoms with Crippen LogP contribution in [0.25, 0.3) is 10.1 Å². The van der Waals surface area contributed by atoms with Gasteiger partial charge in [0.2, 0.25) is 10.0 Å². The van der Waals surface area contributed by atoms with E-state index in [0.29, 0.717) is 23.3 Å². The number of nitrogens with zero attached hydrogens (tertiary/aromatic N) is 1. The van der Waals surface area contributed by atoms with Gasteiger partial charge in [0.15, 0.2) is 6.10 Å². The zero-order chi connectivity index (χ0) is 23.6. The summed E-state index contributed by atoms with van der Waals surface area (Å²) in [5, 5.41) is 2.88. The van der Waals surface area contributed by atoms with E-state index in [-0.39, 0.29) is 28.5 Å². The molecule has 1 amide bonds. The van der Waals surface area contributed by atoms with Gasteiger partial charge in [0.25, 0.3) is 5.91 Å². The predicted molar refractivity (Wildman–Crippen MR) is 121 cm³/mol. The standard InChI is InChI=1S/C22H21FN2O6S2/c1-14(31-22(27)20-13-17-18(23)6-3-7-19(17)32-20)21(26)24-15-4-2-5-16(12-15)33(28,29)25-8-10-30-11-9-25/h2-7,12-14H,8-11H2,1H3,(H,24,26). The number of carbonyl (C=O) groups is 2. The number of amides is 1. The second-order valence-corrected chi connectivity index (χ2v) is 10.4. The first-order valence-corrected chi connectivity index (χ1v) is 12.4. The Morgan fingerprint density at radius 1 is 1.15 bits per heavy atom. The second-order valence-electron chi connectivity index (χ2n) is 7.34. The maximum atomic E-state index is 13.9. The minimum absolute atomic E-state index is 0.0409. The molecule has 1 atom stereocenters. The van der Waals surface area contributed by atoms with Crippen LogP contribution in [-0.2, 0) is 24.3 Å². The van der Waals surface area contributed by atoms with Crippen LogP contribution in [0.4, 0.5) is 10.1 Å². The minimum Gasteiger partial charge on any atom is -0.448 e. The molecule has 1 unspecified atom stereocenters. The van der Waals surface area contributed by atoms with Crippen LogP contribution in [0.1, 0.15) is 16.6 Å². The van der Waals surface area contributed by atoms with Crippen molar-refractivity contribution in [2.45, 2.75) is 17.9 Å². The van der Waals surface area contributed by atoms with E-state index in [0.717, 1.165) is 11.3 Å². The number of hydrogen-bond donors (Lipinski definition) is 1. The predicted octanol–water partition coefficient (Wildman–Crippen LogP) is 3.25. The van der Waals surface area contributed by atoms with Gasteiger partial charge in [-0.2, -0.15) is 4.31 Å². The van der Waals surface area contributed by atoms with Crippen LogP contribution in [0.5, 0.6) is 0 Å². The fourth-order valence-electron chi connectivity index (χ4n) is 3.31. The number of morpholine rings is 1. The molecule has 1 aromatic heterocycles. The molecule has 0 aliphatic carbocycles. The number of thiophene rings is 1. The van der Waals surface area contributed by atoms with Crippen LogP contribution in [0, 0.1) is 5.82 Å². The number of anilines is 1. The Bertz CT molecular complexity index is 1300. The Kier molecular flexibility index (Phi) is 6.75. The molecular formula is C22H21FN2O6S2. The van der Waals surface area contributed by atoms with E-state index in [9.17, 15) is 22.4 Å². The summed E-state index contributed by atoms with van der Waals surface area (Å²) in [7, 11) is -3.72. The molecular weight excluding hydrogens is 471 g/mol. The number of ether oxygens (including phenoxy) is 2. The normalized spacial score (nSPS) is 15.8. The number of benzene rings is 2. The van der Waals surface area contributed by atoms with E-state index in [1.807, 2.05) is 0 Å². The van der Waals surface area contributed by atoms with Gasteiger partial charge in [-0.1, -0.05) is 12.1 Å². The summed E-state index contributed by atoms with van der Waals surface area (Å²) in [5.74, 6) is -1.82. The fraction of sp³-hybridized carbons (Fsp3) is 0.273. The number of sulfonamides is 1. The van der Waals surface area contributed by atoms with E-state index in [1.165, 1.54) is 41.6 Å². The topological polar surface area (TPSA) is 102 Å². The van der Waals surface area contributed by atoms with Gasteiger partial charge in [-0.25, -0.2) is 17.6 Å². The lowest BCUT2D eigenvalue weighted by atomic mass is 10.2. The highest BCUT2D eigenvalue weighted by Crippen LogP contribution is 2.28. The summed E-state index contributed by atoms with van der Waals surface area (Å²) < 4.78 is 51.9. The Hall–Kier alpha value is -2.86. The molecule has 1 fully saturated rings. The zero-order valence-electron chi connectivity index (χ0n) is 17.6. The molecule has 1 aliphatic heterocycles. The number of esters is 1. The van der Waals surface area contributed by atoms with Crippen molar-refractivity contribution in [1.82, 2.24) is 4.31 Å². The third-order valence-corrected chi connectivity index (χ3v) is 8.05. The first-order valence-electron chi connectivity index (χ1n) is 10.1. The van der Waals surface area contributed by atoms with Crippen LogP contribution in [-0.4, -0.2) is 57.0 Å². The van der Waals surface area contributed by atoms with Gasteiger partial charge < -0.3 is 14.8 Å². The minimum atomic E-state index is -3.72. The van der Waals surface area contributed by atoms with Crippen LogP contribution in [0.3, 0.4) is 0 Å². The van der Waals surface area contributed by atoms with Crippen LogP contribution < -0.4 is 5.32 Å². The lowest BCUT2D eigenvalue weighted by Gasteiger charge is -2.26. The molecule has 0 saturated carbocycles. The number of fused-ring (bicyclic) bond motifs is 1. The highest BCUT2D eigenvalue weighted by atomic mass is 32.2. The van der Waals surface area contributed by atoms with Gasteiger partial charge in [-0.15, -0.1) is 11.3 Å². The van der Waals surface area contributed by atoms with E-state index in [4.69, 9.17) is 9.47 Å². The lowest BCUT2D eigenvalue weighted by molar-refractivity contribution is -0.123. The summed E-state index contributed by atoms with van der Waals surface area (Å²) in [6, 6.07) is 11.8. The van der Waals surface area contributed by atoms with Crippen LogP contribution >= 0.6 is 11.3 Å². The van der Waals surface area contributed by atoms with Crippen LogP contribution in [0.2, 0.25) is 0 Å². The molecule has 1 aliphatic rings. The average Bonchev–Trinajstić information content (AvgIpc) is 3.26. The molecule has 0 bridgehead atoms. The SMILES string of the molecule is CC(OC(=O)c1cc2c(F)cccc2s1)C(=O)Nc1cccc(S(=O)(=O)N2CCOCC2)c1. The van der Waals surface area contributed by atoms with Crippen molar-refractivity contribution in [2.75, 3.05) is 31.6 Å². The Labute approximate surface area is 194 Å². The summed E-state index contributed by atoms with van der Waals surface area (Å²) in [4.78, 5) is 25.2.